The molecule has 1 saturated heterocycles. The van der Waals surface area contributed by atoms with E-state index in [-0.39, 0.29) is 18.2 Å². The second-order valence-electron chi connectivity index (χ2n) is 6.72. The number of amides is 1. The Hall–Kier alpha value is -2.23. The fourth-order valence-corrected chi connectivity index (χ4v) is 4.31. The normalized spacial score (nSPS) is 18.6. The lowest BCUT2D eigenvalue weighted by atomic mass is 10.1. The van der Waals surface area contributed by atoms with E-state index in [2.05, 4.69) is 5.32 Å². The summed E-state index contributed by atoms with van der Waals surface area (Å²) in [4.78, 5) is 12.5. The highest BCUT2D eigenvalue weighted by atomic mass is 32.2. The van der Waals surface area contributed by atoms with Crippen LogP contribution in [0.2, 0.25) is 0 Å². The van der Waals surface area contributed by atoms with Crippen LogP contribution in [0.15, 0.2) is 42.7 Å². The SMILES string of the molecule is CN(C)S(=O)(=O)N1CCC[C@@H](NC(=O)c2ccc(-n3cccc3)c(F)c2)C1. The molecule has 0 aliphatic carbocycles. The number of carbonyl (C=O) groups is 1. The number of nitrogens with one attached hydrogen (secondary N) is 1. The summed E-state index contributed by atoms with van der Waals surface area (Å²) in [6.45, 7) is 0.628. The van der Waals surface area contributed by atoms with Gasteiger partial charge in [-0.05, 0) is 43.2 Å². The number of hydrogen-bond acceptors (Lipinski definition) is 3. The van der Waals surface area contributed by atoms with E-state index in [1.54, 1.807) is 41.2 Å². The number of rotatable bonds is 5. The first-order chi connectivity index (χ1) is 12.8. The Kier molecular flexibility index (Phi) is 5.64. The van der Waals surface area contributed by atoms with E-state index in [4.69, 9.17) is 0 Å². The number of hydrogen-bond donors (Lipinski definition) is 1. The average molecular weight is 394 g/mol. The van der Waals surface area contributed by atoms with Crippen LogP contribution in [-0.2, 0) is 10.2 Å². The van der Waals surface area contributed by atoms with Crippen LogP contribution in [-0.4, -0.2) is 60.7 Å². The van der Waals surface area contributed by atoms with Gasteiger partial charge in [-0.3, -0.25) is 4.79 Å². The Morgan fingerprint density at radius 2 is 1.96 bits per heavy atom. The molecule has 3 rings (SSSR count). The summed E-state index contributed by atoms with van der Waals surface area (Å²) in [5.41, 5.74) is 0.563. The highest BCUT2D eigenvalue weighted by molar-refractivity contribution is 7.86. The number of piperidine rings is 1. The quantitative estimate of drug-likeness (QED) is 0.837. The predicted octanol–water partition coefficient (Wildman–Crippen LogP) is 1.62. The number of aromatic nitrogens is 1. The molecule has 1 aromatic carbocycles. The number of nitrogens with zero attached hydrogens (tertiary/aromatic N) is 3. The fraction of sp³-hybridized carbons (Fsp3) is 0.389. The van der Waals surface area contributed by atoms with Crippen molar-refractivity contribution >= 4 is 16.1 Å². The maximum Gasteiger partial charge on any atom is 0.281 e. The monoisotopic (exact) mass is 394 g/mol. The van der Waals surface area contributed by atoms with Crippen LogP contribution in [0, 0.1) is 5.82 Å². The van der Waals surface area contributed by atoms with Crippen LogP contribution in [0.1, 0.15) is 23.2 Å². The van der Waals surface area contributed by atoms with Gasteiger partial charge >= 0.3 is 0 Å². The number of halogens is 1. The van der Waals surface area contributed by atoms with Crippen molar-refractivity contribution in [2.24, 2.45) is 0 Å². The summed E-state index contributed by atoms with van der Waals surface area (Å²) in [6, 6.07) is 7.57. The molecule has 9 heteroatoms. The highest BCUT2D eigenvalue weighted by Gasteiger charge is 2.31. The zero-order chi connectivity index (χ0) is 19.6. The molecule has 1 N–H and O–H groups in total. The second-order valence-corrected chi connectivity index (χ2v) is 8.86. The van der Waals surface area contributed by atoms with Gasteiger partial charge in [0.2, 0.25) is 0 Å². The van der Waals surface area contributed by atoms with Gasteiger partial charge in [-0.15, -0.1) is 0 Å². The average Bonchev–Trinajstić information content (AvgIpc) is 3.16. The van der Waals surface area contributed by atoms with E-state index < -0.39 is 21.9 Å². The predicted molar refractivity (Wildman–Crippen MR) is 100 cm³/mol. The van der Waals surface area contributed by atoms with Gasteiger partial charge in [0.25, 0.3) is 16.1 Å². The molecule has 1 aromatic heterocycles. The number of carbonyl (C=O) groups excluding carboxylic acids is 1. The molecule has 0 spiro atoms. The lowest BCUT2D eigenvalue weighted by molar-refractivity contribution is 0.0920. The second kappa shape index (κ2) is 7.79. The minimum atomic E-state index is -3.52. The van der Waals surface area contributed by atoms with Gasteiger partial charge in [0, 0.05) is 51.2 Å². The van der Waals surface area contributed by atoms with Crippen LogP contribution in [0.5, 0.6) is 0 Å². The Morgan fingerprint density at radius 3 is 2.59 bits per heavy atom. The molecule has 1 aliphatic heterocycles. The van der Waals surface area contributed by atoms with Crippen molar-refractivity contribution in [3.05, 3.63) is 54.1 Å². The first-order valence-electron chi connectivity index (χ1n) is 8.70. The molecule has 27 heavy (non-hydrogen) atoms. The van der Waals surface area contributed by atoms with Crippen molar-refractivity contribution < 1.29 is 17.6 Å². The summed E-state index contributed by atoms with van der Waals surface area (Å²) in [5.74, 6) is -0.915. The summed E-state index contributed by atoms with van der Waals surface area (Å²) in [5, 5.41) is 2.82. The third kappa shape index (κ3) is 4.20. The molecule has 0 saturated carbocycles. The van der Waals surface area contributed by atoms with Crippen LogP contribution in [0.25, 0.3) is 5.69 Å². The summed E-state index contributed by atoms with van der Waals surface area (Å²) in [6.07, 6.45) is 4.77. The molecule has 0 bridgehead atoms. The topological polar surface area (TPSA) is 74.7 Å². The minimum absolute atomic E-state index is 0.205. The van der Waals surface area contributed by atoms with E-state index in [1.165, 1.54) is 24.5 Å². The standard InChI is InChI=1S/C18H23FN4O3S/c1-21(2)27(25,26)23-11-5-6-15(13-23)20-18(24)14-7-8-17(16(19)12-14)22-9-3-4-10-22/h3-4,7-10,12,15H,5-6,11,13H2,1-2H3,(H,20,24)/t15-/m1/s1. The molecule has 1 aliphatic rings. The van der Waals surface area contributed by atoms with Gasteiger partial charge in [-0.25, -0.2) is 4.39 Å². The molecule has 0 radical (unpaired) electrons. The van der Waals surface area contributed by atoms with Gasteiger partial charge < -0.3 is 9.88 Å². The molecule has 2 heterocycles. The van der Waals surface area contributed by atoms with Gasteiger partial charge in [-0.1, -0.05) is 0 Å². The van der Waals surface area contributed by atoms with Gasteiger partial charge in [-0.2, -0.15) is 17.0 Å². The molecule has 1 atom stereocenters. The van der Waals surface area contributed by atoms with Crippen LogP contribution >= 0.6 is 0 Å². The van der Waals surface area contributed by atoms with Gasteiger partial charge in [0.1, 0.15) is 5.82 Å². The molecule has 7 nitrogen and oxygen atoms in total. The van der Waals surface area contributed by atoms with Crippen LogP contribution in [0.3, 0.4) is 0 Å². The third-order valence-corrected chi connectivity index (χ3v) is 6.51. The van der Waals surface area contributed by atoms with Crippen molar-refractivity contribution in [3.8, 4) is 5.69 Å². The summed E-state index contributed by atoms with van der Waals surface area (Å²) < 4.78 is 43.0. The largest absolute Gasteiger partial charge is 0.348 e. The van der Waals surface area contributed by atoms with E-state index in [1.807, 2.05) is 0 Å². The van der Waals surface area contributed by atoms with Crippen molar-refractivity contribution in [3.63, 3.8) is 0 Å². The molecule has 1 fully saturated rings. The zero-order valence-electron chi connectivity index (χ0n) is 15.3. The van der Waals surface area contributed by atoms with Gasteiger partial charge in [0.05, 0.1) is 5.69 Å². The van der Waals surface area contributed by atoms with Crippen LogP contribution in [0.4, 0.5) is 4.39 Å². The van der Waals surface area contributed by atoms with Gasteiger partial charge in [0.15, 0.2) is 0 Å². The molecular weight excluding hydrogens is 371 g/mol. The minimum Gasteiger partial charge on any atom is -0.348 e. The molecule has 0 unspecified atom stereocenters. The third-order valence-electron chi connectivity index (χ3n) is 4.60. The lowest BCUT2D eigenvalue weighted by Gasteiger charge is -2.33. The summed E-state index contributed by atoms with van der Waals surface area (Å²) >= 11 is 0. The van der Waals surface area contributed by atoms with Crippen molar-refractivity contribution in [2.75, 3.05) is 27.2 Å². The smallest absolute Gasteiger partial charge is 0.281 e. The van der Waals surface area contributed by atoms with Crippen molar-refractivity contribution in [1.82, 2.24) is 18.5 Å². The Morgan fingerprint density at radius 1 is 1.26 bits per heavy atom. The van der Waals surface area contributed by atoms with Crippen LogP contribution < -0.4 is 5.32 Å². The Bertz CT molecular complexity index is 913. The molecule has 1 amide bonds. The molecule has 146 valence electrons. The van der Waals surface area contributed by atoms with E-state index in [0.717, 1.165) is 4.31 Å². The maximum absolute atomic E-state index is 14.4. The first-order valence-corrected chi connectivity index (χ1v) is 10.1. The lowest BCUT2D eigenvalue weighted by Crippen LogP contribution is -2.52. The highest BCUT2D eigenvalue weighted by Crippen LogP contribution is 2.18. The fourth-order valence-electron chi connectivity index (χ4n) is 3.12. The first kappa shape index (κ1) is 19.5. The zero-order valence-corrected chi connectivity index (χ0v) is 16.1. The van der Waals surface area contributed by atoms with Crippen molar-refractivity contribution in [1.29, 1.82) is 0 Å². The van der Waals surface area contributed by atoms with E-state index in [9.17, 15) is 17.6 Å². The Labute approximate surface area is 158 Å². The number of benzene rings is 1. The van der Waals surface area contributed by atoms with Crippen molar-refractivity contribution in [2.45, 2.75) is 18.9 Å². The summed E-state index contributed by atoms with van der Waals surface area (Å²) in [7, 11) is -0.561. The Balaban J connectivity index is 1.69. The molecule has 2 aromatic rings. The van der Waals surface area contributed by atoms with E-state index >= 15 is 0 Å². The molecular formula is C18H23FN4O3S. The maximum atomic E-state index is 14.4. The van der Waals surface area contributed by atoms with E-state index in [0.29, 0.717) is 25.1 Å².